The number of carbonyl (C=O) groups excluding carboxylic acids is 1. The van der Waals surface area contributed by atoms with Gasteiger partial charge in [-0.1, -0.05) is 12.1 Å². The van der Waals surface area contributed by atoms with Crippen LogP contribution in [0.5, 0.6) is 5.75 Å². The van der Waals surface area contributed by atoms with E-state index in [0.29, 0.717) is 6.54 Å². The molecule has 2 atom stereocenters. The Morgan fingerprint density at radius 3 is 2.50 bits per heavy atom. The highest BCUT2D eigenvalue weighted by Crippen LogP contribution is 2.20. The average Bonchev–Trinajstić information content (AvgIpc) is 2.45. The van der Waals surface area contributed by atoms with Crippen molar-refractivity contribution in [3.63, 3.8) is 0 Å². The average molecular weight is 280 g/mol. The van der Waals surface area contributed by atoms with Crippen LogP contribution < -0.4 is 15.4 Å². The monoisotopic (exact) mass is 280 g/mol. The van der Waals surface area contributed by atoms with E-state index in [1.165, 1.54) is 6.92 Å². The summed E-state index contributed by atoms with van der Waals surface area (Å²) in [4.78, 5) is 10.7. The molecule has 5 heteroatoms. The van der Waals surface area contributed by atoms with Gasteiger partial charge in [0, 0.05) is 19.5 Å². The van der Waals surface area contributed by atoms with Crippen LogP contribution in [0.15, 0.2) is 24.3 Å². The molecule has 0 aliphatic carbocycles. The highest BCUT2D eigenvalue weighted by atomic mass is 16.5. The Hall–Kier alpha value is -1.59. The fourth-order valence-electron chi connectivity index (χ4n) is 1.88. The molecule has 1 aromatic rings. The van der Waals surface area contributed by atoms with Gasteiger partial charge in [-0.15, -0.1) is 0 Å². The Morgan fingerprint density at radius 2 is 1.95 bits per heavy atom. The molecule has 1 aromatic carbocycles. The molecule has 0 spiro atoms. The number of benzene rings is 1. The lowest BCUT2D eigenvalue weighted by Gasteiger charge is -2.21. The van der Waals surface area contributed by atoms with E-state index in [2.05, 4.69) is 10.6 Å². The van der Waals surface area contributed by atoms with Crippen molar-refractivity contribution in [2.45, 2.75) is 32.4 Å². The van der Waals surface area contributed by atoms with Crippen LogP contribution in [-0.4, -0.2) is 37.3 Å². The van der Waals surface area contributed by atoms with Crippen LogP contribution in [0.1, 0.15) is 31.9 Å². The summed E-state index contributed by atoms with van der Waals surface area (Å²) >= 11 is 0. The number of carbonyl (C=O) groups is 1. The number of hydrogen-bond acceptors (Lipinski definition) is 4. The van der Waals surface area contributed by atoms with Gasteiger partial charge in [-0.2, -0.15) is 0 Å². The van der Waals surface area contributed by atoms with E-state index in [0.717, 1.165) is 24.3 Å². The van der Waals surface area contributed by atoms with Crippen molar-refractivity contribution in [2.75, 3.05) is 20.2 Å². The number of aliphatic hydroxyl groups is 1. The van der Waals surface area contributed by atoms with Gasteiger partial charge in [-0.25, -0.2) is 0 Å². The molecule has 1 amide bonds. The molecule has 0 aliphatic heterocycles. The number of ether oxygens (including phenoxy) is 1. The quantitative estimate of drug-likeness (QED) is 0.626. The topological polar surface area (TPSA) is 70.6 Å². The van der Waals surface area contributed by atoms with Crippen molar-refractivity contribution >= 4 is 5.91 Å². The van der Waals surface area contributed by atoms with Gasteiger partial charge >= 0.3 is 0 Å². The van der Waals surface area contributed by atoms with E-state index in [-0.39, 0.29) is 11.9 Å². The summed E-state index contributed by atoms with van der Waals surface area (Å²) in [5.74, 6) is 0.758. The second-order valence-corrected chi connectivity index (χ2v) is 4.80. The molecule has 0 heterocycles. The largest absolute Gasteiger partial charge is 0.497 e. The van der Waals surface area contributed by atoms with Gasteiger partial charge in [0.15, 0.2) is 0 Å². The van der Waals surface area contributed by atoms with Crippen LogP contribution >= 0.6 is 0 Å². The minimum Gasteiger partial charge on any atom is -0.497 e. The standard InChI is InChI=1S/C15H24N2O3/c1-11(16-9-4-10-17-12(2)18)15(19)13-5-7-14(20-3)8-6-13/h5-8,11,15-16,19H,4,9-10H2,1-3H3,(H,17,18). The molecular weight excluding hydrogens is 256 g/mol. The molecular formula is C15H24N2O3. The first-order chi connectivity index (χ1) is 9.54. The van der Waals surface area contributed by atoms with E-state index in [9.17, 15) is 9.90 Å². The van der Waals surface area contributed by atoms with Crippen molar-refractivity contribution in [2.24, 2.45) is 0 Å². The molecule has 0 aliphatic rings. The Labute approximate surface area is 120 Å². The SMILES string of the molecule is COc1ccc(C(O)C(C)NCCCNC(C)=O)cc1. The number of nitrogens with one attached hydrogen (secondary N) is 2. The van der Waals surface area contributed by atoms with Crippen molar-refractivity contribution in [3.05, 3.63) is 29.8 Å². The Balaban J connectivity index is 2.34. The zero-order valence-corrected chi connectivity index (χ0v) is 12.3. The lowest BCUT2D eigenvalue weighted by molar-refractivity contribution is -0.118. The van der Waals surface area contributed by atoms with Crippen LogP contribution in [0.2, 0.25) is 0 Å². The lowest BCUT2D eigenvalue weighted by Crippen LogP contribution is -2.34. The summed E-state index contributed by atoms with van der Waals surface area (Å²) in [6, 6.07) is 7.34. The van der Waals surface area contributed by atoms with Gasteiger partial charge in [0.2, 0.25) is 5.91 Å². The third kappa shape index (κ3) is 5.59. The maximum Gasteiger partial charge on any atom is 0.216 e. The molecule has 0 radical (unpaired) electrons. The summed E-state index contributed by atoms with van der Waals surface area (Å²) in [6.07, 6.45) is 0.265. The molecule has 2 unspecified atom stereocenters. The molecule has 112 valence electrons. The third-order valence-corrected chi connectivity index (χ3v) is 3.12. The summed E-state index contributed by atoms with van der Waals surface area (Å²) in [6.45, 7) is 4.83. The summed E-state index contributed by atoms with van der Waals surface area (Å²) in [7, 11) is 1.62. The van der Waals surface area contributed by atoms with E-state index in [1.807, 2.05) is 31.2 Å². The van der Waals surface area contributed by atoms with Crippen molar-refractivity contribution in [3.8, 4) is 5.75 Å². The maximum absolute atomic E-state index is 10.7. The number of methoxy groups -OCH3 is 1. The van der Waals surface area contributed by atoms with Crippen LogP contribution in [0.4, 0.5) is 0 Å². The highest BCUT2D eigenvalue weighted by Gasteiger charge is 2.15. The molecule has 1 rings (SSSR count). The Kier molecular flexibility index (Phi) is 7.04. The molecule has 5 nitrogen and oxygen atoms in total. The minimum absolute atomic E-state index is 0.0173. The van der Waals surface area contributed by atoms with Gasteiger partial charge in [0.1, 0.15) is 5.75 Å². The van der Waals surface area contributed by atoms with Gasteiger partial charge in [0.05, 0.1) is 13.2 Å². The Bertz CT molecular complexity index is 406. The van der Waals surface area contributed by atoms with Crippen molar-refractivity contribution in [1.82, 2.24) is 10.6 Å². The molecule has 20 heavy (non-hydrogen) atoms. The maximum atomic E-state index is 10.7. The van der Waals surface area contributed by atoms with Gasteiger partial charge in [-0.05, 0) is 37.6 Å². The van der Waals surface area contributed by atoms with E-state index < -0.39 is 6.10 Å². The second kappa shape index (κ2) is 8.55. The zero-order chi connectivity index (χ0) is 15.0. The lowest BCUT2D eigenvalue weighted by atomic mass is 10.0. The van der Waals surface area contributed by atoms with Crippen molar-refractivity contribution < 1.29 is 14.6 Å². The summed E-state index contributed by atoms with van der Waals surface area (Å²) < 4.78 is 5.09. The first-order valence-corrected chi connectivity index (χ1v) is 6.84. The molecule has 3 N–H and O–H groups in total. The molecule has 0 fully saturated rings. The van der Waals surface area contributed by atoms with Gasteiger partial charge in [-0.3, -0.25) is 4.79 Å². The van der Waals surface area contributed by atoms with E-state index >= 15 is 0 Å². The fourth-order valence-corrected chi connectivity index (χ4v) is 1.88. The molecule has 0 aromatic heterocycles. The number of aliphatic hydroxyl groups excluding tert-OH is 1. The van der Waals surface area contributed by atoms with Crippen LogP contribution in [0.25, 0.3) is 0 Å². The first kappa shape index (κ1) is 16.5. The number of amides is 1. The molecule has 0 bridgehead atoms. The normalized spacial score (nSPS) is 13.6. The smallest absolute Gasteiger partial charge is 0.216 e. The predicted octanol–water partition coefficient (Wildman–Crippen LogP) is 1.23. The van der Waals surface area contributed by atoms with Gasteiger partial charge < -0.3 is 20.5 Å². The first-order valence-electron chi connectivity index (χ1n) is 6.84. The summed E-state index contributed by atoms with van der Waals surface area (Å²) in [5.41, 5.74) is 0.854. The second-order valence-electron chi connectivity index (χ2n) is 4.80. The summed E-state index contributed by atoms with van der Waals surface area (Å²) in [5, 5.41) is 16.2. The Morgan fingerprint density at radius 1 is 1.30 bits per heavy atom. The predicted molar refractivity (Wildman–Crippen MR) is 78.7 cm³/mol. The fraction of sp³-hybridized carbons (Fsp3) is 0.533. The van der Waals surface area contributed by atoms with E-state index in [4.69, 9.17) is 4.74 Å². The van der Waals surface area contributed by atoms with Crippen LogP contribution in [-0.2, 0) is 4.79 Å². The number of rotatable bonds is 8. The van der Waals surface area contributed by atoms with Crippen LogP contribution in [0.3, 0.4) is 0 Å². The van der Waals surface area contributed by atoms with Gasteiger partial charge in [0.25, 0.3) is 0 Å². The van der Waals surface area contributed by atoms with E-state index in [1.54, 1.807) is 7.11 Å². The number of hydrogen-bond donors (Lipinski definition) is 3. The zero-order valence-electron chi connectivity index (χ0n) is 12.3. The van der Waals surface area contributed by atoms with Crippen molar-refractivity contribution in [1.29, 1.82) is 0 Å². The van der Waals surface area contributed by atoms with Crippen LogP contribution in [0, 0.1) is 0 Å². The highest BCUT2D eigenvalue weighted by molar-refractivity contribution is 5.72. The third-order valence-electron chi connectivity index (χ3n) is 3.12. The molecule has 0 saturated heterocycles. The minimum atomic E-state index is -0.568. The molecule has 0 saturated carbocycles.